The summed E-state index contributed by atoms with van der Waals surface area (Å²) in [6, 6.07) is 6.43. The van der Waals surface area contributed by atoms with Gasteiger partial charge in [0.1, 0.15) is 0 Å². The van der Waals surface area contributed by atoms with Gasteiger partial charge < -0.3 is 14.7 Å². The van der Waals surface area contributed by atoms with Crippen LogP contribution in [0.2, 0.25) is 0 Å². The highest BCUT2D eigenvalue weighted by Crippen LogP contribution is 2.45. The Labute approximate surface area is 240 Å². The molecule has 3 aliphatic rings. The summed E-state index contributed by atoms with van der Waals surface area (Å²) in [5.41, 5.74) is 14.0. The maximum Gasteiger partial charge on any atom is 0.305 e. The molecular weight excluding hydrogens is 512 g/mol. The zero-order valence-electron chi connectivity index (χ0n) is 25.0. The van der Waals surface area contributed by atoms with Crippen LogP contribution in [0.1, 0.15) is 114 Å². The molecule has 5 heterocycles. The highest BCUT2D eigenvalue weighted by Gasteiger charge is 2.36. The number of hydrogen-bond donors (Lipinski definition) is 2. The van der Waals surface area contributed by atoms with Gasteiger partial charge in [0.25, 0.3) is 0 Å². The van der Waals surface area contributed by atoms with Crippen LogP contribution >= 0.6 is 0 Å². The predicted molar refractivity (Wildman–Crippen MR) is 162 cm³/mol. The number of hydrogen-bond acceptors (Lipinski definition) is 5. The molecule has 7 heteroatoms. The predicted octanol–water partition coefficient (Wildman–Crippen LogP) is 7.28. The quantitative estimate of drug-likeness (QED) is 0.333. The Morgan fingerprint density at radius 2 is 1.80 bits per heavy atom. The van der Waals surface area contributed by atoms with Gasteiger partial charge >= 0.3 is 5.97 Å². The molecule has 0 amide bonds. The molecule has 1 unspecified atom stereocenters. The van der Waals surface area contributed by atoms with E-state index in [9.17, 15) is 9.59 Å². The Morgan fingerprint density at radius 1 is 1.05 bits per heavy atom. The Bertz CT molecular complexity index is 1810. The molecule has 212 valence electrons. The summed E-state index contributed by atoms with van der Waals surface area (Å²) in [6.45, 7) is 12.8. The molecule has 6 rings (SSSR count). The molecule has 0 radical (unpaired) electrons. The average Bonchev–Trinajstić information content (AvgIpc) is 3.70. The molecule has 0 fully saturated rings. The van der Waals surface area contributed by atoms with Gasteiger partial charge in [0, 0.05) is 64.0 Å². The number of aryl methyl sites for hydroxylation is 3. The van der Waals surface area contributed by atoms with Crippen LogP contribution in [0.3, 0.4) is 0 Å². The topological polar surface area (TPSA) is 101 Å². The number of aromatic amines is 2. The van der Waals surface area contributed by atoms with E-state index in [0.29, 0.717) is 19.3 Å². The number of ketones is 1. The van der Waals surface area contributed by atoms with Gasteiger partial charge in [-0.15, -0.1) is 0 Å². The van der Waals surface area contributed by atoms with Crippen LogP contribution in [0.15, 0.2) is 24.3 Å². The van der Waals surface area contributed by atoms with Crippen molar-refractivity contribution < 1.29 is 14.3 Å². The molecule has 8 bridgehead atoms. The SMILES string of the molecule is C/C=C1/c2cc3[nH]c(cc4[nH]c5c(c6nc(cc(n2)C1C)[C@@H](C)[C@@H]6CCC(=O)OC)CC(=O)c5c4C)c(CC)c3C. The molecule has 3 atom stereocenters. The summed E-state index contributed by atoms with van der Waals surface area (Å²) in [6.07, 6.45) is 4.26. The number of methoxy groups -OCH3 is 1. The van der Waals surface area contributed by atoms with Crippen molar-refractivity contribution in [1.29, 1.82) is 0 Å². The average molecular weight is 551 g/mol. The van der Waals surface area contributed by atoms with Crippen LogP contribution in [-0.2, 0) is 22.4 Å². The van der Waals surface area contributed by atoms with Crippen LogP contribution in [0.4, 0.5) is 0 Å². The summed E-state index contributed by atoms with van der Waals surface area (Å²) in [5.74, 6) is 0.0656. The lowest BCUT2D eigenvalue weighted by Gasteiger charge is -2.16. The molecule has 41 heavy (non-hydrogen) atoms. The largest absolute Gasteiger partial charge is 0.469 e. The molecular formula is C34H38N4O3. The first-order chi connectivity index (χ1) is 19.7. The van der Waals surface area contributed by atoms with Gasteiger partial charge in [0.15, 0.2) is 5.78 Å². The maximum atomic E-state index is 13.4. The number of carbonyl (C=O) groups is 2. The third-order valence-corrected chi connectivity index (χ3v) is 9.51. The number of nitrogens with zero attached hydrogens (tertiary/aromatic N) is 2. The van der Waals surface area contributed by atoms with Crippen molar-refractivity contribution in [2.24, 2.45) is 0 Å². The van der Waals surface area contributed by atoms with E-state index in [2.05, 4.69) is 68.9 Å². The Hall–Kier alpha value is -4.00. The molecule has 1 aliphatic carbocycles. The normalized spacial score (nSPS) is 20.7. The van der Waals surface area contributed by atoms with Crippen molar-refractivity contribution in [3.05, 3.63) is 74.9 Å². The van der Waals surface area contributed by atoms with E-state index in [1.165, 1.54) is 23.8 Å². The number of Topliss-reactive ketones (excluding diaryl/α,β-unsaturated/α-hetero) is 1. The fourth-order valence-corrected chi connectivity index (χ4v) is 7.06. The molecule has 3 aromatic rings. The minimum atomic E-state index is -0.235. The molecule has 0 aromatic carbocycles. The Morgan fingerprint density at radius 3 is 2.51 bits per heavy atom. The Balaban J connectivity index is 1.73. The number of ether oxygens (including phenoxy) is 1. The van der Waals surface area contributed by atoms with Gasteiger partial charge in [0.2, 0.25) is 0 Å². The van der Waals surface area contributed by atoms with E-state index >= 15 is 0 Å². The van der Waals surface area contributed by atoms with Gasteiger partial charge in [-0.3, -0.25) is 19.6 Å². The van der Waals surface area contributed by atoms with Crippen LogP contribution < -0.4 is 0 Å². The van der Waals surface area contributed by atoms with E-state index in [4.69, 9.17) is 14.7 Å². The molecule has 2 N–H and O–H groups in total. The van der Waals surface area contributed by atoms with Crippen molar-refractivity contribution in [2.75, 3.05) is 7.11 Å². The van der Waals surface area contributed by atoms with Crippen molar-refractivity contribution in [1.82, 2.24) is 19.9 Å². The third kappa shape index (κ3) is 4.25. The highest BCUT2D eigenvalue weighted by molar-refractivity contribution is 6.13. The maximum absolute atomic E-state index is 13.4. The lowest BCUT2D eigenvalue weighted by molar-refractivity contribution is -0.140. The second-order valence-corrected chi connectivity index (χ2v) is 11.7. The standard InChI is InChI=1S/C34H38N4O3/c1-8-20-16(3)24-13-26-18(5)22(10-11-31(40)41-7)33(37-26)23-12-30(39)32-19(6)27(38-34(23)32)15-29-21(9-2)17(4)25(36-29)14-28(20)35-24/h8,13-16,18,22,36,38H,9-12H2,1-7H3/b20-8+,24-13?,25-14?,26-13?,27-15?,28-14?,29-15?,33-23?/t16?,18-,22-/m0/s1. The first kappa shape index (κ1) is 27.2. The van der Waals surface area contributed by atoms with Crippen LogP contribution in [0.25, 0.3) is 27.6 Å². The summed E-state index contributed by atoms with van der Waals surface area (Å²) in [4.78, 5) is 43.2. The fourth-order valence-electron chi connectivity index (χ4n) is 7.06. The van der Waals surface area contributed by atoms with E-state index in [1.54, 1.807) is 0 Å². The van der Waals surface area contributed by atoms with Gasteiger partial charge in [-0.2, -0.15) is 0 Å². The summed E-state index contributed by atoms with van der Waals surface area (Å²) >= 11 is 0. The summed E-state index contributed by atoms with van der Waals surface area (Å²) in [5, 5.41) is 0. The number of aromatic nitrogens is 4. The minimum Gasteiger partial charge on any atom is -0.469 e. The third-order valence-electron chi connectivity index (χ3n) is 9.51. The smallest absolute Gasteiger partial charge is 0.305 e. The number of carbonyl (C=O) groups excluding carboxylic acids is 2. The molecule has 2 aliphatic heterocycles. The molecule has 0 spiro atoms. The number of allylic oxidation sites excluding steroid dienone is 2. The number of esters is 1. The lowest BCUT2D eigenvalue weighted by atomic mass is 9.85. The number of H-pyrrole nitrogens is 2. The lowest BCUT2D eigenvalue weighted by Crippen LogP contribution is -2.09. The first-order valence-corrected chi connectivity index (χ1v) is 14.7. The monoisotopic (exact) mass is 550 g/mol. The molecule has 0 saturated carbocycles. The zero-order chi connectivity index (χ0) is 29.2. The van der Waals surface area contributed by atoms with Crippen LogP contribution in [-0.4, -0.2) is 38.8 Å². The summed E-state index contributed by atoms with van der Waals surface area (Å²) < 4.78 is 4.97. The molecule has 3 aromatic heterocycles. The van der Waals surface area contributed by atoms with E-state index < -0.39 is 0 Å². The number of nitrogens with one attached hydrogen (secondary N) is 2. The van der Waals surface area contributed by atoms with E-state index in [1.807, 2.05) is 6.92 Å². The van der Waals surface area contributed by atoms with Crippen molar-refractivity contribution in [3.8, 4) is 0 Å². The van der Waals surface area contributed by atoms with E-state index in [0.717, 1.165) is 68.0 Å². The van der Waals surface area contributed by atoms with Gasteiger partial charge in [-0.25, -0.2) is 0 Å². The second kappa shape index (κ2) is 10.1. The van der Waals surface area contributed by atoms with Crippen LogP contribution in [0, 0.1) is 13.8 Å². The summed E-state index contributed by atoms with van der Waals surface area (Å²) in [7, 11) is 1.42. The van der Waals surface area contributed by atoms with Gasteiger partial charge in [-0.1, -0.05) is 26.8 Å². The minimum absolute atomic E-state index is 0.00536. The first-order valence-electron chi connectivity index (χ1n) is 14.7. The van der Waals surface area contributed by atoms with Crippen LogP contribution in [0.5, 0.6) is 0 Å². The number of fused-ring (bicyclic) bond motifs is 8. The van der Waals surface area contributed by atoms with E-state index in [-0.39, 0.29) is 29.5 Å². The fraction of sp³-hybridized carbons (Fsp3) is 0.412. The van der Waals surface area contributed by atoms with Crippen molar-refractivity contribution in [3.63, 3.8) is 0 Å². The van der Waals surface area contributed by atoms with Gasteiger partial charge in [-0.05, 0) is 74.1 Å². The Kier molecular flexibility index (Phi) is 6.71. The zero-order valence-corrected chi connectivity index (χ0v) is 25.0. The van der Waals surface area contributed by atoms with Crippen molar-refractivity contribution >= 4 is 39.4 Å². The van der Waals surface area contributed by atoms with Gasteiger partial charge in [0.05, 0.1) is 29.7 Å². The second-order valence-electron chi connectivity index (χ2n) is 11.7. The molecule has 0 saturated heterocycles. The molecule has 7 nitrogen and oxygen atoms in total. The van der Waals surface area contributed by atoms with Crippen molar-refractivity contribution in [2.45, 2.75) is 85.0 Å². The number of rotatable bonds is 4. The highest BCUT2D eigenvalue weighted by atomic mass is 16.5.